The summed E-state index contributed by atoms with van der Waals surface area (Å²) < 4.78 is 16.5. The van der Waals surface area contributed by atoms with Gasteiger partial charge in [-0.05, 0) is 6.92 Å². The van der Waals surface area contributed by atoms with Crippen LogP contribution < -0.4 is 11.2 Å². The van der Waals surface area contributed by atoms with Crippen molar-refractivity contribution < 1.29 is 24.1 Å². The number of carbonyl (C=O) groups excluding carboxylic acids is 1. The molecule has 1 aliphatic heterocycles. The molecule has 0 bridgehead atoms. The lowest BCUT2D eigenvalue weighted by atomic mass is 10.2. The van der Waals surface area contributed by atoms with E-state index in [1.165, 1.54) is 16.8 Å². The molecule has 3 atom stereocenters. The van der Waals surface area contributed by atoms with Gasteiger partial charge in [0.25, 0.3) is 5.56 Å². The average Bonchev–Trinajstić information content (AvgIpc) is 2.91. The highest BCUT2D eigenvalue weighted by Crippen LogP contribution is 2.29. The minimum absolute atomic E-state index is 0.00178. The van der Waals surface area contributed by atoms with Crippen LogP contribution in [-0.2, 0) is 14.2 Å². The van der Waals surface area contributed by atoms with Gasteiger partial charge in [0, 0.05) is 18.2 Å². The Hall–Kier alpha value is -2.39. The first kappa shape index (κ1) is 17.0. The van der Waals surface area contributed by atoms with E-state index in [0.29, 0.717) is 5.56 Å². The summed E-state index contributed by atoms with van der Waals surface area (Å²) in [4.78, 5) is 36.9. The molecule has 9 nitrogen and oxygen atoms in total. The van der Waals surface area contributed by atoms with Crippen LogP contribution in [0, 0.1) is 6.92 Å². The second kappa shape index (κ2) is 7.25. The fourth-order valence-corrected chi connectivity index (χ4v) is 2.24. The lowest BCUT2D eigenvalue weighted by Crippen LogP contribution is -2.33. The molecule has 0 radical (unpaired) electrons. The molecule has 2 heterocycles. The first-order valence-corrected chi connectivity index (χ1v) is 6.99. The molecular formula is C14H18N2O7. The molecule has 1 aliphatic rings. The zero-order valence-corrected chi connectivity index (χ0v) is 12.6. The Balaban J connectivity index is 2.14. The molecule has 2 rings (SSSR count). The minimum atomic E-state index is -0.914. The molecule has 0 saturated carbocycles. The van der Waals surface area contributed by atoms with Gasteiger partial charge in [0.05, 0.1) is 6.61 Å². The number of rotatable bonds is 5. The fourth-order valence-electron chi connectivity index (χ4n) is 2.24. The van der Waals surface area contributed by atoms with Gasteiger partial charge in [-0.2, -0.15) is 0 Å². The van der Waals surface area contributed by atoms with Gasteiger partial charge < -0.3 is 19.3 Å². The van der Waals surface area contributed by atoms with Gasteiger partial charge in [-0.1, -0.05) is 12.7 Å². The lowest BCUT2D eigenvalue weighted by Gasteiger charge is -2.15. The molecule has 0 spiro atoms. The molecule has 23 heavy (non-hydrogen) atoms. The zero-order chi connectivity index (χ0) is 17.0. The van der Waals surface area contributed by atoms with Crippen molar-refractivity contribution in [3.05, 3.63) is 45.3 Å². The van der Waals surface area contributed by atoms with Crippen LogP contribution in [-0.4, -0.2) is 46.2 Å². The molecule has 9 heteroatoms. The van der Waals surface area contributed by atoms with Crippen LogP contribution in [0.1, 0.15) is 18.2 Å². The monoisotopic (exact) mass is 326 g/mol. The number of ether oxygens (including phenoxy) is 3. The Morgan fingerprint density at radius 3 is 3.00 bits per heavy atom. The normalized spacial score (nSPS) is 23.5. The highest BCUT2D eigenvalue weighted by molar-refractivity contribution is 5.60. The Morgan fingerprint density at radius 1 is 1.61 bits per heavy atom. The van der Waals surface area contributed by atoms with Crippen molar-refractivity contribution in [2.24, 2.45) is 0 Å². The second-order valence-electron chi connectivity index (χ2n) is 5.03. The Morgan fingerprint density at radius 2 is 2.35 bits per heavy atom. The number of hydrogen-bond donors (Lipinski definition) is 2. The van der Waals surface area contributed by atoms with Crippen LogP contribution in [0.4, 0.5) is 4.79 Å². The van der Waals surface area contributed by atoms with E-state index in [2.05, 4.69) is 11.6 Å². The van der Waals surface area contributed by atoms with Gasteiger partial charge in [-0.15, -0.1) is 0 Å². The topological polar surface area (TPSA) is 120 Å². The summed E-state index contributed by atoms with van der Waals surface area (Å²) in [5.41, 5.74) is -0.788. The first-order valence-electron chi connectivity index (χ1n) is 6.99. The second-order valence-corrected chi connectivity index (χ2v) is 5.03. The van der Waals surface area contributed by atoms with Crippen LogP contribution in [0.25, 0.3) is 0 Å². The van der Waals surface area contributed by atoms with E-state index < -0.39 is 42.4 Å². The summed E-state index contributed by atoms with van der Waals surface area (Å²) in [5, 5.41) is 9.34. The SMILES string of the molecule is C=CCOC(=O)O[C@H]1C[C@H](n2cc(C)c(=O)[nH]c2=O)O[C@@H]1CO. The van der Waals surface area contributed by atoms with Crippen LogP contribution >= 0.6 is 0 Å². The van der Waals surface area contributed by atoms with Crippen LogP contribution in [0.2, 0.25) is 0 Å². The number of H-pyrrole nitrogens is 1. The molecule has 0 unspecified atom stereocenters. The number of aliphatic hydroxyl groups is 1. The van der Waals surface area contributed by atoms with Crippen molar-refractivity contribution in [2.75, 3.05) is 13.2 Å². The Kier molecular flexibility index (Phi) is 5.35. The van der Waals surface area contributed by atoms with E-state index in [1.807, 2.05) is 0 Å². The van der Waals surface area contributed by atoms with Gasteiger partial charge in [0.15, 0.2) is 0 Å². The van der Waals surface area contributed by atoms with Crippen LogP contribution in [0.3, 0.4) is 0 Å². The Bertz CT molecular complexity index is 693. The number of aromatic amines is 1. The number of hydrogen-bond acceptors (Lipinski definition) is 7. The molecule has 1 fully saturated rings. The van der Waals surface area contributed by atoms with Gasteiger partial charge in [0.2, 0.25) is 0 Å². The number of nitrogens with zero attached hydrogens (tertiary/aromatic N) is 1. The highest BCUT2D eigenvalue weighted by atomic mass is 16.7. The summed E-state index contributed by atoms with van der Waals surface area (Å²) >= 11 is 0. The number of carbonyl (C=O) groups is 1. The van der Waals surface area contributed by atoms with E-state index in [1.54, 1.807) is 6.92 Å². The number of aliphatic hydroxyl groups excluding tert-OH is 1. The molecule has 2 N–H and O–H groups in total. The third kappa shape index (κ3) is 3.88. The minimum Gasteiger partial charge on any atom is -0.430 e. The maximum absolute atomic E-state index is 11.9. The Labute approximate surface area is 131 Å². The average molecular weight is 326 g/mol. The van der Waals surface area contributed by atoms with E-state index >= 15 is 0 Å². The largest absolute Gasteiger partial charge is 0.508 e. The third-order valence-electron chi connectivity index (χ3n) is 3.38. The smallest absolute Gasteiger partial charge is 0.430 e. The maximum Gasteiger partial charge on any atom is 0.508 e. The summed E-state index contributed by atoms with van der Waals surface area (Å²) in [7, 11) is 0. The van der Waals surface area contributed by atoms with Crippen molar-refractivity contribution in [3.63, 3.8) is 0 Å². The van der Waals surface area contributed by atoms with Crippen molar-refractivity contribution >= 4 is 6.16 Å². The zero-order valence-electron chi connectivity index (χ0n) is 12.6. The summed E-state index contributed by atoms with van der Waals surface area (Å²) in [5.74, 6) is 0. The molecule has 1 aromatic rings. The standard InChI is InChI=1S/C14H18N2O7/c1-3-4-21-14(20)23-9-5-11(22-10(9)7-17)16-6-8(2)12(18)15-13(16)19/h3,6,9-11,17H,1,4-5,7H2,2H3,(H,15,18,19)/t9-,10+,11+/m0/s1. The predicted molar refractivity (Wildman–Crippen MR) is 78.1 cm³/mol. The van der Waals surface area contributed by atoms with Crippen LogP contribution in [0.5, 0.6) is 0 Å². The lowest BCUT2D eigenvalue weighted by molar-refractivity contribution is -0.0566. The van der Waals surface area contributed by atoms with E-state index in [4.69, 9.17) is 14.2 Å². The van der Waals surface area contributed by atoms with E-state index in [-0.39, 0.29) is 13.0 Å². The summed E-state index contributed by atoms with van der Waals surface area (Å²) in [6.07, 6.45) is -0.369. The van der Waals surface area contributed by atoms with Crippen molar-refractivity contribution in [1.82, 2.24) is 9.55 Å². The van der Waals surface area contributed by atoms with E-state index in [0.717, 1.165) is 0 Å². The maximum atomic E-state index is 11.9. The molecule has 1 saturated heterocycles. The van der Waals surface area contributed by atoms with Gasteiger partial charge >= 0.3 is 11.8 Å². The van der Waals surface area contributed by atoms with Crippen molar-refractivity contribution in [3.8, 4) is 0 Å². The molecule has 126 valence electrons. The predicted octanol–water partition coefficient (Wildman–Crippen LogP) is -0.167. The van der Waals surface area contributed by atoms with Gasteiger partial charge in [-0.25, -0.2) is 9.59 Å². The number of nitrogens with one attached hydrogen (secondary N) is 1. The molecule has 0 amide bonds. The van der Waals surface area contributed by atoms with Crippen molar-refractivity contribution in [1.29, 1.82) is 0 Å². The molecule has 0 aliphatic carbocycles. The quantitative estimate of drug-likeness (QED) is 0.569. The van der Waals surface area contributed by atoms with Gasteiger partial charge in [-0.3, -0.25) is 14.3 Å². The third-order valence-corrected chi connectivity index (χ3v) is 3.38. The summed E-state index contributed by atoms with van der Waals surface area (Å²) in [6, 6.07) is 0. The highest BCUT2D eigenvalue weighted by Gasteiger charge is 2.39. The van der Waals surface area contributed by atoms with Crippen LogP contribution in [0.15, 0.2) is 28.4 Å². The molecule has 0 aromatic carbocycles. The van der Waals surface area contributed by atoms with E-state index in [9.17, 15) is 19.5 Å². The fraction of sp³-hybridized carbons (Fsp3) is 0.500. The number of aromatic nitrogens is 2. The summed E-state index contributed by atoms with van der Waals surface area (Å²) in [6.45, 7) is 4.56. The van der Waals surface area contributed by atoms with Crippen molar-refractivity contribution in [2.45, 2.75) is 31.8 Å². The van der Waals surface area contributed by atoms with Gasteiger partial charge in [0.1, 0.15) is 25.0 Å². The number of aryl methyl sites for hydroxylation is 1. The molecular weight excluding hydrogens is 308 g/mol. The first-order chi connectivity index (χ1) is 11.0. The molecule has 1 aromatic heterocycles.